The number of hydrogen-bond donors (Lipinski definition) is 4. The summed E-state index contributed by atoms with van der Waals surface area (Å²) in [5.41, 5.74) is -1.39. The lowest BCUT2D eigenvalue weighted by molar-refractivity contribution is -0.291. The number of fused-ring (bicyclic) bond motifs is 3. The summed E-state index contributed by atoms with van der Waals surface area (Å²) in [5.74, 6) is -3.64. The fourth-order valence-corrected chi connectivity index (χ4v) is 4.67. The molecular weight excluding hydrogens is 372 g/mol. The first-order chi connectivity index (χ1) is 13.2. The van der Waals surface area contributed by atoms with Gasteiger partial charge in [0, 0.05) is 17.9 Å². The fraction of sp³-hybridized carbons (Fsp3) is 0.579. The van der Waals surface area contributed by atoms with Crippen LogP contribution in [0, 0.1) is 17.8 Å². The first-order valence-electron chi connectivity index (χ1n) is 8.89. The average molecular weight is 396 g/mol. The molecule has 7 unspecified atom stereocenters. The molecule has 9 nitrogen and oxygen atoms in total. The number of carbonyl (C=O) groups excluding carboxylic acids is 2. The van der Waals surface area contributed by atoms with Crippen molar-refractivity contribution >= 4 is 11.9 Å². The van der Waals surface area contributed by atoms with Gasteiger partial charge in [-0.25, -0.2) is 14.5 Å². The maximum absolute atomic E-state index is 12.2. The molecule has 7 atom stereocenters. The second-order valence-corrected chi connectivity index (χ2v) is 7.64. The smallest absolute Gasteiger partial charge is 0.336 e. The van der Waals surface area contributed by atoms with E-state index in [0.717, 1.165) is 0 Å². The third kappa shape index (κ3) is 3.09. The van der Waals surface area contributed by atoms with E-state index in [2.05, 4.69) is 24.6 Å². The van der Waals surface area contributed by atoms with Crippen LogP contribution in [-0.4, -0.2) is 69.6 Å². The molecule has 9 heteroatoms. The second-order valence-electron chi connectivity index (χ2n) is 7.64. The van der Waals surface area contributed by atoms with Gasteiger partial charge in [-0.15, -0.1) is 0 Å². The van der Waals surface area contributed by atoms with Crippen molar-refractivity contribution in [2.45, 2.75) is 36.8 Å². The molecular formula is C19H24O9. The van der Waals surface area contributed by atoms with Crippen molar-refractivity contribution in [3.63, 3.8) is 0 Å². The molecule has 3 fully saturated rings. The molecule has 2 saturated carbocycles. The molecule has 3 aliphatic rings. The Morgan fingerprint density at radius 2 is 2.04 bits per heavy atom. The zero-order valence-corrected chi connectivity index (χ0v) is 15.2. The lowest BCUT2D eigenvalue weighted by Crippen LogP contribution is -2.53. The van der Waals surface area contributed by atoms with Crippen LogP contribution >= 0.6 is 0 Å². The predicted molar refractivity (Wildman–Crippen MR) is 93.5 cm³/mol. The van der Waals surface area contributed by atoms with Crippen LogP contribution < -0.4 is 0 Å². The van der Waals surface area contributed by atoms with Crippen LogP contribution in [0.2, 0.25) is 0 Å². The molecule has 0 amide bonds. The Kier molecular flexibility index (Phi) is 5.48. The summed E-state index contributed by atoms with van der Waals surface area (Å²) in [5, 5.41) is 39.5. The van der Waals surface area contributed by atoms with Crippen LogP contribution in [0.5, 0.6) is 0 Å². The maximum Gasteiger partial charge on any atom is 0.336 e. The van der Waals surface area contributed by atoms with Crippen LogP contribution in [0.25, 0.3) is 0 Å². The van der Waals surface area contributed by atoms with Crippen LogP contribution in [0.4, 0.5) is 0 Å². The highest BCUT2D eigenvalue weighted by Gasteiger charge is 2.64. The molecule has 1 saturated heterocycles. The molecule has 0 bridgehead atoms. The summed E-state index contributed by atoms with van der Waals surface area (Å²) in [4.78, 5) is 28.5. The first kappa shape index (κ1) is 20.7. The van der Waals surface area contributed by atoms with Crippen molar-refractivity contribution in [2.75, 3.05) is 13.2 Å². The van der Waals surface area contributed by atoms with Gasteiger partial charge in [-0.1, -0.05) is 25.3 Å². The zero-order chi connectivity index (χ0) is 20.8. The molecule has 28 heavy (non-hydrogen) atoms. The van der Waals surface area contributed by atoms with Crippen molar-refractivity contribution in [2.24, 2.45) is 17.8 Å². The van der Waals surface area contributed by atoms with E-state index in [1.54, 1.807) is 0 Å². The summed E-state index contributed by atoms with van der Waals surface area (Å²) in [7, 11) is 0. The monoisotopic (exact) mass is 396 g/mol. The minimum absolute atomic E-state index is 0.0690. The van der Waals surface area contributed by atoms with E-state index in [4.69, 9.17) is 19.8 Å². The molecule has 0 aromatic carbocycles. The third-order valence-electron chi connectivity index (χ3n) is 6.10. The van der Waals surface area contributed by atoms with Crippen molar-refractivity contribution in [3.8, 4) is 0 Å². The van der Waals surface area contributed by atoms with E-state index in [9.17, 15) is 19.8 Å². The highest BCUT2D eigenvalue weighted by atomic mass is 17.1. The molecule has 4 N–H and O–H groups in total. The Morgan fingerprint density at radius 3 is 2.64 bits per heavy atom. The van der Waals surface area contributed by atoms with Gasteiger partial charge in [0.15, 0.2) is 0 Å². The van der Waals surface area contributed by atoms with E-state index >= 15 is 0 Å². The molecule has 3 rings (SSSR count). The number of rotatable bonds is 5. The summed E-state index contributed by atoms with van der Waals surface area (Å²) in [6.07, 6.45) is -2.84. The van der Waals surface area contributed by atoms with Gasteiger partial charge in [-0.05, 0) is 12.3 Å². The summed E-state index contributed by atoms with van der Waals surface area (Å²) < 4.78 is 10.9. The SMILES string of the molecule is C=C(CO)C(=O)OC1CC(=C)C2CC(O)C(O)(COO)C2C2OC(=O)C(=C)C12. The van der Waals surface area contributed by atoms with Crippen molar-refractivity contribution in [1.29, 1.82) is 0 Å². The van der Waals surface area contributed by atoms with E-state index in [1.807, 2.05) is 0 Å². The topological polar surface area (TPSA) is 143 Å². The van der Waals surface area contributed by atoms with Gasteiger partial charge in [-0.2, -0.15) is 0 Å². The molecule has 0 aromatic heterocycles. The van der Waals surface area contributed by atoms with E-state index in [0.29, 0.717) is 5.57 Å². The predicted octanol–water partition coefficient (Wildman–Crippen LogP) is -0.278. The van der Waals surface area contributed by atoms with Gasteiger partial charge >= 0.3 is 11.9 Å². The van der Waals surface area contributed by atoms with Gasteiger partial charge in [0.25, 0.3) is 0 Å². The van der Waals surface area contributed by atoms with E-state index in [1.165, 1.54) is 0 Å². The van der Waals surface area contributed by atoms with Crippen LogP contribution in [-0.2, 0) is 24.0 Å². The van der Waals surface area contributed by atoms with E-state index in [-0.39, 0.29) is 24.0 Å². The fourth-order valence-electron chi connectivity index (χ4n) is 4.67. The number of aliphatic hydroxyl groups excluding tert-OH is 2. The van der Waals surface area contributed by atoms with Gasteiger partial charge in [0.2, 0.25) is 0 Å². The minimum Gasteiger partial charge on any atom is -0.458 e. The lowest BCUT2D eigenvalue weighted by atomic mass is 9.76. The average Bonchev–Trinajstić information content (AvgIpc) is 3.03. The number of aliphatic hydroxyl groups is 3. The number of ether oxygens (including phenoxy) is 2. The lowest BCUT2D eigenvalue weighted by Gasteiger charge is -2.37. The Bertz CT molecular complexity index is 729. The highest BCUT2D eigenvalue weighted by molar-refractivity contribution is 5.92. The molecule has 0 radical (unpaired) electrons. The highest BCUT2D eigenvalue weighted by Crippen LogP contribution is 2.54. The molecule has 2 aliphatic carbocycles. The van der Waals surface area contributed by atoms with Gasteiger partial charge in [0.1, 0.15) is 24.4 Å². The normalized spacial score (nSPS) is 39.8. The Morgan fingerprint density at radius 1 is 1.36 bits per heavy atom. The van der Waals surface area contributed by atoms with Crippen LogP contribution in [0.15, 0.2) is 36.5 Å². The summed E-state index contributed by atoms with van der Waals surface area (Å²) >= 11 is 0. The van der Waals surface area contributed by atoms with Gasteiger partial charge in [0.05, 0.1) is 24.2 Å². The number of esters is 2. The third-order valence-corrected chi connectivity index (χ3v) is 6.10. The summed E-state index contributed by atoms with van der Waals surface area (Å²) in [6.45, 7) is 10.0. The molecule has 0 spiro atoms. The van der Waals surface area contributed by atoms with E-state index < -0.39 is 66.8 Å². The molecule has 1 heterocycles. The second kappa shape index (κ2) is 7.41. The van der Waals surface area contributed by atoms with Gasteiger partial charge in [-0.3, -0.25) is 5.26 Å². The molecule has 154 valence electrons. The Labute approximate surface area is 161 Å². The molecule has 0 aromatic rings. The maximum atomic E-state index is 12.2. The largest absolute Gasteiger partial charge is 0.458 e. The Hall–Kier alpha value is -2.04. The van der Waals surface area contributed by atoms with Gasteiger partial charge < -0.3 is 24.8 Å². The standard InChI is InChI=1S/C19H24O9/c1-8-4-12(27-17(22)9(2)6-20)14-10(3)18(23)28-16(14)15-11(8)5-13(21)19(15,24)7-26-25/h11-16,20-21,24-25H,1-7H2. The van der Waals surface area contributed by atoms with Crippen LogP contribution in [0.3, 0.4) is 0 Å². The quantitative estimate of drug-likeness (QED) is 0.162. The van der Waals surface area contributed by atoms with Crippen LogP contribution in [0.1, 0.15) is 12.8 Å². The number of carbonyl (C=O) groups is 2. The zero-order valence-electron chi connectivity index (χ0n) is 15.2. The first-order valence-corrected chi connectivity index (χ1v) is 8.89. The minimum atomic E-state index is -1.90. The summed E-state index contributed by atoms with van der Waals surface area (Å²) in [6, 6.07) is 0. The van der Waals surface area contributed by atoms with Crippen molar-refractivity contribution in [1.82, 2.24) is 0 Å². The molecule has 1 aliphatic heterocycles. The Balaban J connectivity index is 2.01. The van der Waals surface area contributed by atoms with Crippen molar-refractivity contribution < 1.29 is 44.5 Å². The van der Waals surface area contributed by atoms with Crippen molar-refractivity contribution in [3.05, 3.63) is 36.5 Å². The number of hydrogen-bond acceptors (Lipinski definition) is 9.